The summed E-state index contributed by atoms with van der Waals surface area (Å²) >= 11 is 0. The molecule has 1 aliphatic rings. The molecule has 2 aromatic heterocycles. The van der Waals surface area contributed by atoms with Crippen molar-refractivity contribution in [3.63, 3.8) is 0 Å². The summed E-state index contributed by atoms with van der Waals surface area (Å²) in [5, 5.41) is 6.39. The molecule has 1 aromatic carbocycles. The van der Waals surface area contributed by atoms with Crippen LogP contribution in [0.5, 0.6) is 0 Å². The van der Waals surface area contributed by atoms with E-state index in [-0.39, 0.29) is 17.9 Å². The van der Waals surface area contributed by atoms with E-state index in [0.717, 1.165) is 23.4 Å². The van der Waals surface area contributed by atoms with Crippen LogP contribution < -0.4 is 10.6 Å². The van der Waals surface area contributed by atoms with Gasteiger partial charge in [0.05, 0.1) is 36.9 Å². The van der Waals surface area contributed by atoms with E-state index in [0.29, 0.717) is 31.9 Å². The first-order chi connectivity index (χ1) is 14.7. The van der Waals surface area contributed by atoms with Crippen LogP contribution in [0, 0.1) is 5.92 Å². The Morgan fingerprint density at radius 1 is 1.27 bits per heavy atom. The monoisotopic (exact) mass is 409 g/mol. The van der Waals surface area contributed by atoms with Crippen LogP contribution in [0.2, 0.25) is 0 Å². The number of nitrogens with one attached hydrogen (secondary N) is 2. The molecule has 1 fully saturated rings. The summed E-state index contributed by atoms with van der Waals surface area (Å²) < 4.78 is 12.7. The van der Waals surface area contributed by atoms with Gasteiger partial charge in [0.25, 0.3) is 5.91 Å². The molecule has 1 aliphatic heterocycles. The fraction of sp³-hybridized carbons (Fsp3) is 0.409. The molecule has 1 saturated heterocycles. The van der Waals surface area contributed by atoms with Crippen LogP contribution in [0.3, 0.4) is 0 Å². The van der Waals surface area contributed by atoms with Gasteiger partial charge in [0.15, 0.2) is 0 Å². The Labute approximate surface area is 175 Å². The maximum absolute atomic E-state index is 12.9. The van der Waals surface area contributed by atoms with Crippen molar-refractivity contribution in [2.75, 3.05) is 38.8 Å². The summed E-state index contributed by atoms with van der Waals surface area (Å²) in [5.41, 5.74) is 3.54. The number of carbonyl (C=O) groups excluding carboxylic acids is 1. The summed E-state index contributed by atoms with van der Waals surface area (Å²) in [6.07, 6.45) is 4.43. The van der Waals surface area contributed by atoms with E-state index in [1.165, 1.54) is 5.56 Å². The quantitative estimate of drug-likeness (QED) is 0.553. The Morgan fingerprint density at radius 2 is 2.10 bits per heavy atom. The van der Waals surface area contributed by atoms with Gasteiger partial charge in [0.2, 0.25) is 5.95 Å². The molecule has 158 valence electrons. The molecular weight excluding hydrogens is 382 g/mol. The van der Waals surface area contributed by atoms with Crippen molar-refractivity contribution in [2.24, 2.45) is 13.0 Å². The molecule has 30 heavy (non-hydrogen) atoms. The van der Waals surface area contributed by atoms with Crippen molar-refractivity contribution in [1.29, 1.82) is 0 Å². The van der Waals surface area contributed by atoms with Crippen LogP contribution >= 0.6 is 0 Å². The van der Waals surface area contributed by atoms with Crippen LogP contribution in [-0.2, 0) is 22.9 Å². The number of anilines is 1. The predicted octanol–water partition coefficient (Wildman–Crippen LogP) is 2.01. The zero-order valence-electron chi connectivity index (χ0n) is 17.3. The number of hydrogen-bond acceptors (Lipinski definition) is 6. The number of aryl methyl sites for hydroxylation is 1. The molecule has 2 N–H and O–H groups in total. The number of rotatable bonds is 8. The number of aromatic nitrogens is 3. The van der Waals surface area contributed by atoms with E-state index in [2.05, 4.69) is 20.6 Å². The first-order valence-corrected chi connectivity index (χ1v) is 10.1. The van der Waals surface area contributed by atoms with Gasteiger partial charge in [-0.3, -0.25) is 9.78 Å². The van der Waals surface area contributed by atoms with Crippen molar-refractivity contribution in [1.82, 2.24) is 19.9 Å². The molecule has 3 heterocycles. The molecule has 2 atom stereocenters. The number of benzene rings is 1. The molecule has 0 saturated carbocycles. The first kappa shape index (κ1) is 20.3. The van der Waals surface area contributed by atoms with Crippen LogP contribution in [0.4, 0.5) is 5.95 Å². The zero-order chi connectivity index (χ0) is 20.9. The number of carbonyl (C=O) groups is 1. The summed E-state index contributed by atoms with van der Waals surface area (Å²) in [6, 6.07) is 9.59. The third-order valence-corrected chi connectivity index (χ3v) is 5.49. The van der Waals surface area contributed by atoms with Crippen molar-refractivity contribution in [3.05, 3.63) is 53.9 Å². The maximum Gasteiger partial charge on any atom is 0.251 e. The average molecular weight is 409 g/mol. The van der Waals surface area contributed by atoms with Crippen molar-refractivity contribution in [2.45, 2.75) is 12.5 Å². The van der Waals surface area contributed by atoms with Gasteiger partial charge in [-0.05, 0) is 42.3 Å². The molecule has 0 aliphatic carbocycles. The fourth-order valence-electron chi connectivity index (χ4n) is 3.80. The van der Waals surface area contributed by atoms with Gasteiger partial charge in [0, 0.05) is 44.6 Å². The van der Waals surface area contributed by atoms with Gasteiger partial charge >= 0.3 is 0 Å². The van der Waals surface area contributed by atoms with E-state index in [4.69, 9.17) is 9.47 Å². The minimum absolute atomic E-state index is 0.0173. The van der Waals surface area contributed by atoms with E-state index < -0.39 is 0 Å². The molecule has 8 nitrogen and oxygen atoms in total. The molecule has 1 amide bonds. The predicted molar refractivity (Wildman–Crippen MR) is 115 cm³/mol. The number of fused-ring (bicyclic) bond motifs is 1. The number of hydrogen-bond donors (Lipinski definition) is 2. The molecule has 0 spiro atoms. The van der Waals surface area contributed by atoms with Crippen molar-refractivity contribution in [3.8, 4) is 0 Å². The lowest BCUT2D eigenvalue weighted by Crippen LogP contribution is -2.40. The van der Waals surface area contributed by atoms with Crippen LogP contribution in [0.1, 0.15) is 15.9 Å². The van der Waals surface area contributed by atoms with Crippen LogP contribution in [0.25, 0.3) is 11.0 Å². The number of pyridine rings is 1. The Hall–Kier alpha value is -2.97. The molecular formula is C22H27N5O3. The lowest BCUT2D eigenvalue weighted by atomic mass is 9.95. The van der Waals surface area contributed by atoms with Crippen LogP contribution in [0.15, 0.2) is 42.7 Å². The second kappa shape index (κ2) is 9.23. The third kappa shape index (κ3) is 4.44. The van der Waals surface area contributed by atoms with Crippen LogP contribution in [-0.4, -0.2) is 60.0 Å². The summed E-state index contributed by atoms with van der Waals surface area (Å²) in [7, 11) is 3.61. The Balaban J connectivity index is 1.44. The van der Waals surface area contributed by atoms with Gasteiger partial charge in [-0.1, -0.05) is 0 Å². The Bertz CT molecular complexity index is 1000. The smallest absolute Gasteiger partial charge is 0.251 e. The highest BCUT2D eigenvalue weighted by atomic mass is 16.5. The van der Waals surface area contributed by atoms with Crippen molar-refractivity contribution < 1.29 is 14.3 Å². The van der Waals surface area contributed by atoms with Crippen molar-refractivity contribution >= 4 is 22.9 Å². The first-order valence-electron chi connectivity index (χ1n) is 10.1. The number of amides is 1. The second-order valence-corrected chi connectivity index (χ2v) is 7.55. The lowest BCUT2D eigenvalue weighted by molar-refractivity contribution is 0.0925. The average Bonchev–Trinajstić information content (AvgIpc) is 3.32. The summed E-state index contributed by atoms with van der Waals surface area (Å²) in [5.74, 6) is 0.888. The summed E-state index contributed by atoms with van der Waals surface area (Å²) in [6.45, 7) is 2.44. The summed E-state index contributed by atoms with van der Waals surface area (Å²) in [4.78, 5) is 21.6. The number of nitrogens with zero attached hydrogens (tertiary/aromatic N) is 3. The molecule has 0 bridgehead atoms. The van der Waals surface area contributed by atoms with E-state index in [1.807, 2.05) is 41.9 Å². The van der Waals surface area contributed by atoms with Gasteiger partial charge in [-0.2, -0.15) is 0 Å². The molecule has 4 rings (SSSR count). The minimum atomic E-state index is -0.105. The second-order valence-electron chi connectivity index (χ2n) is 7.55. The molecule has 0 unspecified atom stereocenters. The van der Waals surface area contributed by atoms with E-state index >= 15 is 0 Å². The molecule has 0 radical (unpaired) electrons. The van der Waals surface area contributed by atoms with E-state index in [1.54, 1.807) is 19.5 Å². The standard InChI is InChI=1S/C22H27N5O3/c1-27-20-4-3-16(12-18(20)26-22(27)24-9-10-29-2)21(28)25-19-14-30-13-17(19)11-15-5-7-23-8-6-15/h3-8,12,17,19H,9-11,13-14H2,1-2H3,(H,24,26)(H,25,28)/t17-,19+/m1/s1. The largest absolute Gasteiger partial charge is 0.383 e. The highest BCUT2D eigenvalue weighted by Gasteiger charge is 2.30. The molecule has 3 aromatic rings. The van der Waals surface area contributed by atoms with E-state index in [9.17, 15) is 4.79 Å². The zero-order valence-corrected chi connectivity index (χ0v) is 17.3. The lowest BCUT2D eigenvalue weighted by Gasteiger charge is -2.19. The highest BCUT2D eigenvalue weighted by molar-refractivity contribution is 5.98. The SMILES string of the molecule is COCCNc1nc2cc(C(=O)N[C@H]3COC[C@H]3Cc3ccncc3)ccc2n1C. The number of methoxy groups -OCH3 is 1. The van der Waals surface area contributed by atoms with Gasteiger partial charge in [0.1, 0.15) is 0 Å². The molecule has 8 heteroatoms. The van der Waals surface area contributed by atoms with Gasteiger partial charge in [-0.25, -0.2) is 4.98 Å². The maximum atomic E-state index is 12.9. The Kier molecular flexibility index (Phi) is 6.25. The Morgan fingerprint density at radius 3 is 2.90 bits per heavy atom. The third-order valence-electron chi connectivity index (χ3n) is 5.49. The minimum Gasteiger partial charge on any atom is -0.383 e. The highest BCUT2D eigenvalue weighted by Crippen LogP contribution is 2.22. The van der Waals surface area contributed by atoms with Gasteiger partial charge < -0.3 is 24.7 Å². The number of imidazole rings is 1. The van der Waals surface area contributed by atoms with Gasteiger partial charge in [-0.15, -0.1) is 0 Å². The normalized spacial score (nSPS) is 18.6. The fourth-order valence-corrected chi connectivity index (χ4v) is 3.80. The topological polar surface area (TPSA) is 90.3 Å². The number of ether oxygens (including phenoxy) is 2.